The van der Waals surface area contributed by atoms with Gasteiger partial charge in [0, 0.05) is 12.1 Å². The highest BCUT2D eigenvalue weighted by Gasteiger charge is 2.16. The smallest absolute Gasteiger partial charge is 0.251 e. The summed E-state index contributed by atoms with van der Waals surface area (Å²) in [5.74, 6) is 0.0479. The summed E-state index contributed by atoms with van der Waals surface area (Å²) in [5, 5.41) is 2.87. The van der Waals surface area contributed by atoms with Crippen molar-refractivity contribution in [1.82, 2.24) is 5.32 Å². The van der Waals surface area contributed by atoms with Gasteiger partial charge in [0.05, 0.1) is 0 Å². The monoisotopic (exact) mass is 237 g/mol. The number of hydrogen-bond acceptors (Lipinski definition) is 1. The molecule has 1 aliphatic rings. The fraction of sp³-hybridized carbons (Fsp3) is 0.188. The molecule has 0 spiro atoms. The van der Waals surface area contributed by atoms with Gasteiger partial charge in [0.1, 0.15) is 0 Å². The van der Waals surface area contributed by atoms with Crippen LogP contribution in [-0.2, 0) is 6.42 Å². The highest BCUT2D eigenvalue weighted by molar-refractivity contribution is 5.97. The molecular weight excluding hydrogens is 222 g/mol. The van der Waals surface area contributed by atoms with E-state index in [9.17, 15) is 4.79 Å². The number of hydrogen-bond donors (Lipinski definition) is 1. The van der Waals surface area contributed by atoms with Crippen LogP contribution in [0.15, 0.2) is 42.5 Å². The Balaban J connectivity index is 2.04. The van der Waals surface area contributed by atoms with E-state index in [1.807, 2.05) is 12.1 Å². The molecule has 0 aromatic heterocycles. The number of carbonyl (C=O) groups excluding carboxylic acids is 1. The summed E-state index contributed by atoms with van der Waals surface area (Å²) in [4.78, 5) is 11.7. The van der Waals surface area contributed by atoms with E-state index < -0.39 is 0 Å². The zero-order valence-corrected chi connectivity index (χ0v) is 10.4. The molecule has 3 rings (SSSR count). The predicted octanol–water partition coefficient (Wildman–Crippen LogP) is 2.95. The average molecular weight is 237 g/mol. The van der Waals surface area contributed by atoms with E-state index in [1.54, 1.807) is 0 Å². The molecule has 1 amide bonds. The molecule has 0 radical (unpaired) electrons. The highest BCUT2D eigenvalue weighted by atomic mass is 16.1. The lowest BCUT2D eigenvalue weighted by Gasteiger charge is -2.17. The van der Waals surface area contributed by atoms with Crippen LogP contribution in [0.5, 0.6) is 0 Å². The average Bonchev–Trinajstić information content (AvgIpc) is 2.39. The van der Waals surface area contributed by atoms with Gasteiger partial charge in [-0.2, -0.15) is 0 Å². The molecule has 2 aromatic carbocycles. The molecule has 1 heterocycles. The first-order valence-electron chi connectivity index (χ1n) is 6.22. The molecule has 0 unspecified atom stereocenters. The van der Waals surface area contributed by atoms with Crippen molar-refractivity contribution < 1.29 is 4.79 Å². The summed E-state index contributed by atoms with van der Waals surface area (Å²) in [6.07, 6.45) is 0.917. The molecule has 2 heteroatoms. The Kier molecular flexibility index (Phi) is 2.63. The van der Waals surface area contributed by atoms with Gasteiger partial charge in [-0.3, -0.25) is 4.79 Å². The normalized spacial score (nSPS) is 13.9. The number of benzene rings is 2. The van der Waals surface area contributed by atoms with Crippen LogP contribution in [0, 0.1) is 6.92 Å². The van der Waals surface area contributed by atoms with Crippen molar-refractivity contribution in [2.45, 2.75) is 13.3 Å². The van der Waals surface area contributed by atoms with E-state index in [0.717, 1.165) is 24.1 Å². The number of rotatable bonds is 1. The van der Waals surface area contributed by atoms with Gasteiger partial charge in [0.25, 0.3) is 5.91 Å². The molecule has 0 saturated carbocycles. The second-order valence-electron chi connectivity index (χ2n) is 4.74. The lowest BCUT2D eigenvalue weighted by atomic mass is 9.95. The van der Waals surface area contributed by atoms with Crippen LogP contribution in [0.2, 0.25) is 0 Å². The standard InChI is InChI=1S/C16H15NO/c1-11-2-4-12(5-3-11)13-6-7-15-14(10-13)8-9-17-16(15)18/h2-7,10H,8-9H2,1H3,(H,17,18). The largest absolute Gasteiger partial charge is 0.352 e. The van der Waals surface area contributed by atoms with Crippen LogP contribution >= 0.6 is 0 Å². The maximum absolute atomic E-state index is 11.7. The Morgan fingerprint density at radius 3 is 2.50 bits per heavy atom. The lowest BCUT2D eigenvalue weighted by molar-refractivity contribution is 0.0946. The van der Waals surface area contributed by atoms with Gasteiger partial charge in [-0.25, -0.2) is 0 Å². The molecule has 1 aliphatic heterocycles. The molecule has 0 saturated heterocycles. The van der Waals surface area contributed by atoms with Gasteiger partial charge >= 0.3 is 0 Å². The molecular formula is C16H15NO. The van der Waals surface area contributed by atoms with Crippen molar-refractivity contribution >= 4 is 5.91 Å². The van der Waals surface area contributed by atoms with Gasteiger partial charge in [-0.15, -0.1) is 0 Å². The summed E-state index contributed by atoms with van der Waals surface area (Å²) >= 11 is 0. The van der Waals surface area contributed by atoms with Crippen LogP contribution in [0.1, 0.15) is 21.5 Å². The molecule has 0 aliphatic carbocycles. The van der Waals surface area contributed by atoms with Crippen LogP contribution in [-0.4, -0.2) is 12.5 Å². The number of amides is 1. The van der Waals surface area contributed by atoms with Crippen molar-refractivity contribution in [3.63, 3.8) is 0 Å². The van der Waals surface area contributed by atoms with Crippen molar-refractivity contribution in [3.8, 4) is 11.1 Å². The van der Waals surface area contributed by atoms with Gasteiger partial charge < -0.3 is 5.32 Å². The summed E-state index contributed by atoms with van der Waals surface area (Å²) in [6.45, 7) is 2.82. The summed E-state index contributed by atoms with van der Waals surface area (Å²) < 4.78 is 0. The molecule has 0 fully saturated rings. The summed E-state index contributed by atoms with van der Waals surface area (Å²) in [6, 6.07) is 14.6. The molecule has 2 nitrogen and oxygen atoms in total. The van der Waals surface area contributed by atoms with E-state index in [0.29, 0.717) is 0 Å². The van der Waals surface area contributed by atoms with Crippen molar-refractivity contribution in [3.05, 3.63) is 59.2 Å². The van der Waals surface area contributed by atoms with Crippen molar-refractivity contribution in [1.29, 1.82) is 0 Å². The van der Waals surface area contributed by atoms with Crippen LogP contribution in [0.4, 0.5) is 0 Å². The maximum Gasteiger partial charge on any atom is 0.251 e. The Labute approximate surface area is 107 Å². The molecule has 90 valence electrons. The molecule has 18 heavy (non-hydrogen) atoms. The number of aryl methyl sites for hydroxylation is 1. The SMILES string of the molecule is Cc1ccc(-c2ccc3c(c2)CCNC3=O)cc1. The second kappa shape index (κ2) is 4.30. The minimum Gasteiger partial charge on any atom is -0.352 e. The summed E-state index contributed by atoms with van der Waals surface area (Å²) in [7, 11) is 0. The van der Waals surface area contributed by atoms with Crippen molar-refractivity contribution in [2.24, 2.45) is 0 Å². The topological polar surface area (TPSA) is 29.1 Å². The molecule has 0 bridgehead atoms. The lowest BCUT2D eigenvalue weighted by Crippen LogP contribution is -2.31. The molecule has 1 N–H and O–H groups in total. The Morgan fingerprint density at radius 1 is 1.00 bits per heavy atom. The van der Waals surface area contributed by atoms with Gasteiger partial charge in [-0.1, -0.05) is 42.0 Å². The van der Waals surface area contributed by atoms with E-state index in [-0.39, 0.29) is 5.91 Å². The van der Waals surface area contributed by atoms with Crippen LogP contribution < -0.4 is 5.32 Å². The minimum atomic E-state index is 0.0479. The third kappa shape index (κ3) is 1.90. The highest BCUT2D eigenvalue weighted by Crippen LogP contribution is 2.24. The second-order valence-corrected chi connectivity index (χ2v) is 4.74. The van der Waals surface area contributed by atoms with Crippen molar-refractivity contribution in [2.75, 3.05) is 6.54 Å². The zero-order valence-electron chi connectivity index (χ0n) is 10.4. The number of nitrogens with one attached hydrogen (secondary N) is 1. The van der Waals surface area contributed by atoms with Crippen LogP contribution in [0.3, 0.4) is 0 Å². The van der Waals surface area contributed by atoms with Gasteiger partial charge in [-0.05, 0) is 36.1 Å². The Hall–Kier alpha value is -2.09. The Morgan fingerprint density at radius 2 is 1.72 bits per heavy atom. The number of fused-ring (bicyclic) bond motifs is 1. The first kappa shape index (κ1) is 11.0. The third-order valence-corrected chi connectivity index (χ3v) is 3.41. The first-order chi connectivity index (χ1) is 8.74. The Bertz CT molecular complexity index is 599. The van der Waals surface area contributed by atoms with E-state index >= 15 is 0 Å². The molecule has 2 aromatic rings. The summed E-state index contributed by atoms with van der Waals surface area (Å²) in [5.41, 5.74) is 5.61. The fourth-order valence-corrected chi connectivity index (χ4v) is 2.35. The van der Waals surface area contributed by atoms with Crippen LogP contribution in [0.25, 0.3) is 11.1 Å². The first-order valence-corrected chi connectivity index (χ1v) is 6.22. The van der Waals surface area contributed by atoms with E-state index in [4.69, 9.17) is 0 Å². The fourth-order valence-electron chi connectivity index (χ4n) is 2.35. The van der Waals surface area contributed by atoms with E-state index in [1.165, 1.54) is 16.7 Å². The van der Waals surface area contributed by atoms with E-state index in [2.05, 4.69) is 42.6 Å². The van der Waals surface area contributed by atoms with Gasteiger partial charge in [0.2, 0.25) is 0 Å². The molecule has 0 atom stereocenters. The third-order valence-electron chi connectivity index (χ3n) is 3.41. The predicted molar refractivity (Wildman–Crippen MR) is 72.7 cm³/mol. The maximum atomic E-state index is 11.7. The quantitative estimate of drug-likeness (QED) is 0.811. The van der Waals surface area contributed by atoms with Gasteiger partial charge in [0.15, 0.2) is 0 Å². The number of carbonyl (C=O) groups is 1. The zero-order chi connectivity index (χ0) is 12.5. The minimum absolute atomic E-state index is 0.0479.